The van der Waals surface area contributed by atoms with Crippen molar-refractivity contribution in [3.8, 4) is 0 Å². The third kappa shape index (κ3) is 83.8. The van der Waals surface area contributed by atoms with E-state index in [1.807, 2.05) is 0 Å². The summed E-state index contributed by atoms with van der Waals surface area (Å²) >= 11 is 0. The molecule has 0 aliphatic carbocycles. The van der Waals surface area contributed by atoms with Gasteiger partial charge in [0.2, 0.25) is 0 Å². The minimum atomic E-state index is -4.97. The highest BCUT2D eigenvalue weighted by Gasteiger charge is 2.30. The van der Waals surface area contributed by atoms with Gasteiger partial charge in [0.05, 0.1) is 26.4 Å². The number of esters is 4. The highest BCUT2D eigenvalue weighted by atomic mass is 31.2. The van der Waals surface area contributed by atoms with E-state index in [9.17, 15) is 43.2 Å². The normalized spacial score (nSPS) is 13.6. The van der Waals surface area contributed by atoms with Gasteiger partial charge in [-0.2, -0.15) is 0 Å². The van der Waals surface area contributed by atoms with Crippen LogP contribution in [-0.2, 0) is 65.4 Å². The number of ether oxygens (including phenoxy) is 4. The van der Waals surface area contributed by atoms with Crippen molar-refractivity contribution in [3.63, 3.8) is 0 Å². The first kappa shape index (κ1) is 107. The maximum atomic E-state index is 13.2. The Kier molecular flexibility index (Phi) is 82.5. The molecule has 0 saturated carbocycles. The highest BCUT2D eigenvalue weighted by Crippen LogP contribution is 2.45. The fraction of sp³-hybridized carbons (Fsp3) is 0.956. The van der Waals surface area contributed by atoms with Gasteiger partial charge >= 0.3 is 39.5 Å². The largest absolute Gasteiger partial charge is 0.472 e. The van der Waals surface area contributed by atoms with Gasteiger partial charge < -0.3 is 33.8 Å². The lowest BCUT2D eigenvalue weighted by atomic mass is 10.0. The van der Waals surface area contributed by atoms with E-state index in [2.05, 4.69) is 27.7 Å². The van der Waals surface area contributed by atoms with Crippen LogP contribution in [0.1, 0.15) is 496 Å². The molecule has 648 valence electrons. The van der Waals surface area contributed by atoms with Crippen molar-refractivity contribution < 1.29 is 80.2 Å². The van der Waals surface area contributed by atoms with Crippen molar-refractivity contribution in [1.29, 1.82) is 0 Å². The molecule has 0 amide bonds. The zero-order valence-corrected chi connectivity index (χ0v) is 73.3. The van der Waals surface area contributed by atoms with Crippen LogP contribution in [0.3, 0.4) is 0 Å². The fourth-order valence-corrected chi connectivity index (χ4v) is 15.8. The predicted molar refractivity (Wildman–Crippen MR) is 451 cm³/mol. The molecule has 0 bridgehead atoms. The van der Waals surface area contributed by atoms with Gasteiger partial charge in [-0.25, -0.2) is 9.13 Å². The Hall–Kier alpha value is -1.94. The van der Waals surface area contributed by atoms with Crippen molar-refractivity contribution in [2.75, 3.05) is 39.6 Å². The van der Waals surface area contributed by atoms with Crippen molar-refractivity contribution in [1.82, 2.24) is 0 Å². The number of hydrogen-bond acceptors (Lipinski definition) is 15. The summed E-state index contributed by atoms with van der Waals surface area (Å²) in [5, 5.41) is 10.7. The standard InChI is InChI=1S/C90H176O17P2/c1-5-9-13-17-21-25-29-32-35-37-39-41-43-45-47-49-52-55-59-63-67-71-75-88(93)101-81-86(107-90(95)77-73-69-65-61-57-53-50-48-46-44-42-40-38-36-33-30-26-22-18-14-10-6-2)83-105-109(98,99)103-79-84(91)78-102-108(96,97)104-82-85(80-100-87(92)74-70-66-62-58-54-28-24-20-16-12-8-4)106-89(94)76-72-68-64-60-56-51-34-31-27-23-19-15-11-7-3/h84-86,91H,5-83H2,1-4H3,(H,96,97)(H,98,99)/t84-,85+,86+/m0/s1. The molecule has 0 saturated heterocycles. The van der Waals surface area contributed by atoms with Gasteiger partial charge in [0, 0.05) is 25.7 Å². The SMILES string of the molecule is CCCCCCCCCCCCCCCCCCCCCCCCC(=O)OC[C@H](COP(=O)(O)OC[C@@H](O)COP(=O)(O)OC[C@@H](COC(=O)CCCCCCCCCCCCC)OC(=O)CCCCCCCCCCCCCCCC)OC(=O)CCCCCCCCCCCCCCCCCCCCCCCC. The van der Waals surface area contributed by atoms with E-state index in [1.165, 1.54) is 327 Å². The molecule has 0 aromatic heterocycles. The molecule has 0 spiro atoms. The van der Waals surface area contributed by atoms with Crippen LogP contribution in [0, 0.1) is 0 Å². The average molecular weight is 1590 g/mol. The number of phosphoric ester groups is 2. The molecule has 0 radical (unpaired) electrons. The summed E-state index contributed by atoms with van der Waals surface area (Å²) in [7, 11) is -9.93. The monoisotopic (exact) mass is 1590 g/mol. The maximum absolute atomic E-state index is 13.2. The summed E-state index contributed by atoms with van der Waals surface area (Å²) in [5.74, 6) is -2.09. The minimum absolute atomic E-state index is 0.109. The molecule has 0 rings (SSSR count). The van der Waals surface area contributed by atoms with Crippen LogP contribution in [0.4, 0.5) is 0 Å². The third-order valence-corrected chi connectivity index (χ3v) is 23.3. The van der Waals surface area contributed by atoms with Gasteiger partial charge in [-0.3, -0.25) is 37.3 Å². The summed E-state index contributed by atoms with van der Waals surface area (Å²) in [5.41, 5.74) is 0. The molecule has 0 aliphatic heterocycles. The smallest absolute Gasteiger partial charge is 0.462 e. The van der Waals surface area contributed by atoms with Gasteiger partial charge in [-0.05, 0) is 25.7 Å². The third-order valence-electron chi connectivity index (χ3n) is 21.4. The van der Waals surface area contributed by atoms with E-state index in [-0.39, 0.29) is 25.7 Å². The second kappa shape index (κ2) is 84.0. The number of hydrogen-bond donors (Lipinski definition) is 3. The van der Waals surface area contributed by atoms with E-state index in [4.69, 9.17) is 37.0 Å². The Morgan fingerprint density at radius 3 is 0.541 bits per heavy atom. The molecule has 0 fully saturated rings. The molecule has 2 unspecified atom stereocenters. The zero-order chi connectivity index (χ0) is 79.6. The van der Waals surface area contributed by atoms with Crippen LogP contribution in [0.5, 0.6) is 0 Å². The Balaban J connectivity index is 5.20. The Morgan fingerprint density at radius 1 is 0.220 bits per heavy atom. The van der Waals surface area contributed by atoms with Gasteiger partial charge in [-0.1, -0.05) is 445 Å². The van der Waals surface area contributed by atoms with Crippen LogP contribution in [-0.4, -0.2) is 96.7 Å². The summed E-state index contributed by atoms with van der Waals surface area (Å²) < 4.78 is 69.0. The molecule has 3 N–H and O–H groups in total. The summed E-state index contributed by atoms with van der Waals surface area (Å²) in [6.45, 7) is 5.07. The molecule has 109 heavy (non-hydrogen) atoms. The predicted octanol–water partition coefficient (Wildman–Crippen LogP) is 28.1. The maximum Gasteiger partial charge on any atom is 0.472 e. The van der Waals surface area contributed by atoms with Crippen LogP contribution in [0.15, 0.2) is 0 Å². The number of aliphatic hydroxyl groups is 1. The number of aliphatic hydroxyl groups excluding tert-OH is 1. The van der Waals surface area contributed by atoms with E-state index < -0.39 is 97.5 Å². The number of carbonyl (C=O) groups is 4. The molecule has 0 aromatic carbocycles. The quantitative estimate of drug-likeness (QED) is 0.0222. The number of carbonyl (C=O) groups excluding carboxylic acids is 4. The molecule has 19 heteroatoms. The van der Waals surface area contributed by atoms with Gasteiger partial charge in [0.25, 0.3) is 0 Å². The van der Waals surface area contributed by atoms with Crippen molar-refractivity contribution in [2.45, 2.75) is 515 Å². The Bertz CT molecular complexity index is 2050. The van der Waals surface area contributed by atoms with Crippen molar-refractivity contribution in [3.05, 3.63) is 0 Å². The molecule has 17 nitrogen and oxygen atoms in total. The molecule has 0 aromatic rings. The first-order valence-electron chi connectivity index (χ1n) is 46.8. The fourth-order valence-electron chi connectivity index (χ4n) is 14.2. The molecule has 0 aliphatic rings. The molecular weight excluding hydrogens is 1410 g/mol. The van der Waals surface area contributed by atoms with E-state index in [0.29, 0.717) is 25.7 Å². The van der Waals surface area contributed by atoms with Crippen LogP contribution in [0.25, 0.3) is 0 Å². The van der Waals surface area contributed by atoms with Crippen LogP contribution >= 0.6 is 15.6 Å². The van der Waals surface area contributed by atoms with Gasteiger partial charge in [-0.15, -0.1) is 0 Å². The molecule has 0 heterocycles. The summed E-state index contributed by atoms with van der Waals surface area (Å²) in [4.78, 5) is 73.3. The van der Waals surface area contributed by atoms with E-state index >= 15 is 0 Å². The minimum Gasteiger partial charge on any atom is -0.462 e. The second-order valence-corrected chi connectivity index (χ2v) is 35.3. The molecular formula is C90H176O17P2. The lowest BCUT2D eigenvalue weighted by molar-refractivity contribution is -0.161. The topological polar surface area (TPSA) is 237 Å². The highest BCUT2D eigenvalue weighted by molar-refractivity contribution is 7.47. The number of phosphoric acid groups is 2. The summed E-state index contributed by atoms with van der Waals surface area (Å²) in [6.07, 6.45) is 80.7. The average Bonchev–Trinajstić information content (AvgIpc) is 0.931. The molecule has 5 atom stereocenters. The summed E-state index contributed by atoms with van der Waals surface area (Å²) in [6, 6.07) is 0. The first-order chi connectivity index (χ1) is 53.2. The second-order valence-electron chi connectivity index (χ2n) is 32.3. The number of unbranched alkanes of at least 4 members (excludes halogenated alkanes) is 65. The first-order valence-corrected chi connectivity index (χ1v) is 49.8. The lowest BCUT2D eigenvalue weighted by Crippen LogP contribution is -2.30. The zero-order valence-electron chi connectivity index (χ0n) is 71.5. The van der Waals surface area contributed by atoms with Gasteiger partial charge in [0.1, 0.15) is 19.3 Å². The van der Waals surface area contributed by atoms with Crippen LogP contribution < -0.4 is 0 Å². The van der Waals surface area contributed by atoms with Gasteiger partial charge in [0.15, 0.2) is 12.2 Å². The Morgan fingerprint density at radius 2 is 0.367 bits per heavy atom. The van der Waals surface area contributed by atoms with E-state index in [0.717, 1.165) is 89.9 Å². The lowest BCUT2D eigenvalue weighted by Gasteiger charge is -2.21. The Labute approximate surface area is 670 Å². The number of rotatable bonds is 91. The van der Waals surface area contributed by atoms with E-state index in [1.54, 1.807) is 0 Å². The van der Waals surface area contributed by atoms with Crippen LogP contribution in [0.2, 0.25) is 0 Å². The van der Waals surface area contributed by atoms with Crippen molar-refractivity contribution >= 4 is 39.5 Å². The van der Waals surface area contributed by atoms with Crippen molar-refractivity contribution in [2.24, 2.45) is 0 Å².